The Labute approximate surface area is 245 Å². The van der Waals surface area contributed by atoms with Crippen molar-refractivity contribution in [1.29, 1.82) is 0 Å². The normalized spacial score (nSPS) is 19.3. The van der Waals surface area contributed by atoms with E-state index in [-0.39, 0.29) is 7.24 Å². The second-order valence-electron chi connectivity index (χ2n) is 10.6. The van der Waals surface area contributed by atoms with Crippen molar-refractivity contribution < 1.29 is 5.82 Å². The smallest absolute Gasteiger partial charge is 0.253 e. The van der Waals surface area contributed by atoms with Crippen LogP contribution >= 0.6 is 23.2 Å². The van der Waals surface area contributed by atoms with E-state index in [1.54, 1.807) is 25.4 Å². The van der Waals surface area contributed by atoms with E-state index in [1.807, 2.05) is 6.07 Å². The van der Waals surface area contributed by atoms with E-state index < -0.39 is 10.9 Å². The van der Waals surface area contributed by atoms with Crippen molar-refractivity contribution in [3.05, 3.63) is 77.9 Å². The number of pyridine rings is 1. The quantitative estimate of drug-likeness (QED) is 0.350. The predicted octanol–water partition coefficient (Wildman–Crippen LogP) is 4.59. The first-order valence-corrected chi connectivity index (χ1v) is 14.6. The van der Waals surface area contributed by atoms with E-state index in [9.17, 15) is 14.0 Å². The summed E-state index contributed by atoms with van der Waals surface area (Å²) in [6, 6.07) is 7.70. The van der Waals surface area contributed by atoms with E-state index in [4.69, 9.17) is 23.2 Å². The zero-order chi connectivity index (χ0) is 28.4. The Bertz CT molecular complexity index is 1430. The van der Waals surface area contributed by atoms with Gasteiger partial charge in [0.1, 0.15) is 23.0 Å². The van der Waals surface area contributed by atoms with Gasteiger partial charge in [0.2, 0.25) is 0 Å². The second kappa shape index (κ2) is 12.4. The van der Waals surface area contributed by atoms with Crippen LogP contribution in [-0.4, -0.2) is 66.6 Å². The minimum Gasteiger partial charge on any atom is -0.383 e. The van der Waals surface area contributed by atoms with Crippen LogP contribution < -0.4 is 26.4 Å². The van der Waals surface area contributed by atoms with Crippen molar-refractivity contribution in [3.8, 4) is 0 Å². The summed E-state index contributed by atoms with van der Waals surface area (Å²) in [4.78, 5) is 35.3. The molecule has 3 aromatic rings. The van der Waals surface area contributed by atoms with Gasteiger partial charge in [-0.05, 0) is 56.1 Å². The number of halogens is 3. The molecule has 2 fully saturated rings. The summed E-state index contributed by atoms with van der Waals surface area (Å²) in [7, 11) is 1.62. The summed E-state index contributed by atoms with van der Waals surface area (Å²) in [5.41, 5.74) is 1.13. The molecule has 0 spiro atoms. The van der Waals surface area contributed by atoms with Crippen LogP contribution in [-0.2, 0) is 13.1 Å². The van der Waals surface area contributed by atoms with Gasteiger partial charge in [-0.1, -0.05) is 36.2 Å². The van der Waals surface area contributed by atoms with Crippen LogP contribution in [0.15, 0.2) is 40.1 Å². The average Bonchev–Trinajstić information content (AvgIpc) is 2.96. The van der Waals surface area contributed by atoms with Gasteiger partial charge in [-0.3, -0.25) is 19.4 Å². The molecule has 0 radical (unpaired) electrons. The maximum absolute atomic E-state index is 14.3. The number of nitrogens with zero attached hydrogens (tertiary/aromatic N) is 4. The topological polar surface area (TPSA) is 80.8 Å². The third-order valence-electron chi connectivity index (χ3n) is 8.24. The third kappa shape index (κ3) is 5.98. The van der Waals surface area contributed by atoms with Crippen molar-refractivity contribution in [2.45, 2.75) is 51.4 Å². The van der Waals surface area contributed by atoms with Crippen LogP contribution in [0.3, 0.4) is 0 Å². The number of nitrogens with one attached hydrogen (secondary N) is 2. The molecule has 2 aromatic carbocycles. The largest absolute Gasteiger partial charge is 0.383 e. The highest BCUT2D eigenvalue weighted by Crippen LogP contribution is 2.30. The van der Waals surface area contributed by atoms with Gasteiger partial charge >= 0.3 is 0 Å². The minimum absolute atomic E-state index is 0. The highest BCUT2D eigenvalue weighted by molar-refractivity contribution is 6.33. The number of piperidine rings is 1. The van der Waals surface area contributed by atoms with Gasteiger partial charge in [-0.15, -0.1) is 0 Å². The number of aromatic nitrogens is 1. The summed E-state index contributed by atoms with van der Waals surface area (Å²) in [6.07, 6.45) is 4.92. The third-order valence-corrected chi connectivity index (χ3v) is 8.76. The molecule has 11 heteroatoms. The number of anilines is 3. The molecule has 8 nitrogen and oxygen atoms in total. The maximum Gasteiger partial charge on any atom is 0.253 e. The summed E-state index contributed by atoms with van der Waals surface area (Å²) >= 11 is 12.6. The highest BCUT2D eigenvalue weighted by Gasteiger charge is 2.34. The molecule has 40 heavy (non-hydrogen) atoms. The SMILES string of the molecule is CC[C@H]1CN(c2ncc(CNc3c(NC)c(=O)c3=O)cc2Cl)CCN1C1CCN(Cc2ccc(Cl)cc2F)CC1.[HH]. The highest BCUT2D eigenvalue weighted by atomic mass is 35.5. The summed E-state index contributed by atoms with van der Waals surface area (Å²) in [6.45, 7) is 7.70. The van der Waals surface area contributed by atoms with Gasteiger partial charge in [-0.25, -0.2) is 9.37 Å². The summed E-state index contributed by atoms with van der Waals surface area (Å²) < 4.78 is 14.3. The molecule has 0 bridgehead atoms. The number of piperazine rings is 1. The van der Waals surface area contributed by atoms with Gasteiger partial charge in [0, 0.05) is 70.1 Å². The lowest BCUT2D eigenvalue weighted by atomic mass is 9.97. The Morgan fingerprint density at radius 2 is 1.82 bits per heavy atom. The lowest BCUT2D eigenvalue weighted by Gasteiger charge is -2.47. The van der Waals surface area contributed by atoms with Crippen LogP contribution in [0.4, 0.5) is 21.6 Å². The predicted molar refractivity (Wildman–Crippen MR) is 162 cm³/mol. The van der Waals surface area contributed by atoms with Gasteiger partial charge in [0.05, 0.1) is 5.02 Å². The fourth-order valence-corrected chi connectivity index (χ4v) is 6.46. The number of benzene rings is 1. The zero-order valence-corrected chi connectivity index (χ0v) is 24.4. The Morgan fingerprint density at radius 1 is 1.07 bits per heavy atom. The van der Waals surface area contributed by atoms with Gasteiger partial charge in [0.25, 0.3) is 10.9 Å². The van der Waals surface area contributed by atoms with Crippen molar-refractivity contribution in [2.24, 2.45) is 0 Å². The lowest BCUT2D eigenvalue weighted by molar-refractivity contribution is 0.0607. The average molecular weight is 592 g/mol. The molecule has 0 amide bonds. The molecular formula is C29H37Cl2FN6O2. The molecule has 2 aliphatic rings. The first-order chi connectivity index (χ1) is 19.3. The molecule has 0 aliphatic carbocycles. The van der Waals surface area contributed by atoms with Gasteiger partial charge in [0.15, 0.2) is 0 Å². The lowest BCUT2D eigenvalue weighted by Crippen LogP contribution is -2.58. The molecule has 2 N–H and O–H groups in total. The number of hydrogen-bond acceptors (Lipinski definition) is 8. The van der Waals surface area contributed by atoms with Crippen LogP contribution in [0, 0.1) is 5.82 Å². The monoisotopic (exact) mass is 590 g/mol. The van der Waals surface area contributed by atoms with Crippen LogP contribution in [0.5, 0.6) is 0 Å². The van der Waals surface area contributed by atoms with Crippen LogP contribution in [0.2, 0.25) is 10.0 Å². The maximum atomic E-state index is 14.3. The Hall–Kier alpha value is -2.72. The van der Waals surface area contributed by atoms with E-state index in [0.717, 1.165) is 63.4 Å². The Morgan fingerprint density at radius 3 is 2.50 bits per heavy atom. The molecule has 0 saturated carbocycles. The number of likely N-dealkylation sites (tertiary alicyclic amines) is 1. The molecule has 1 aromatic heterocycles. The van der Waals surface area contributed by atoms with E-state index in [0.29, 0.717) is 52.2 Å². The van der Waals surface area contributed by atoms with Gasteiger partial charge < -0.3 is 15.5 Å². The first-order valence-electron chi connectivity index (χ1n) is 13.8. The molecular weight excluding hydrogens is 554 g/mol. The molecule has 2 saturated heterocycles. The molecule has 1 atom stereocenters. The number of hydrogen-bond donors (Lipinski definition) is 2. The Balaban J connectivity index is 0.00000387. The fourth-order valence-electron chi connectivity index (χ4n) is 5.99. The summed E-state index contributed by atoms with van der Waals surface area (Å²) in [5.74, 6) is 0.534. The van der Waals surface area contributed by atoms with Crippen molar-refractivity contribution >= 4 is 40.4 Å². The number of rotatable bonds is 9. The minimum atomic E-state index is -0.510. The Kier molecular flexibility index (Phi) is 8.95. The van der Waals surface area contributed by atoms with E-state index >= 15 is 0 Å². The molecule has 5 rings (SSSR count). The van der Waals surface area contributed by atoms with E-state index in [1.165, 1.54) is 6.07 Å². The van der Waals surface area contributed by atoms with Crippen LogP contribution in [0.25, 0.3) is 0 Å². The van der Waals surface area contributed by atoms with E-state index in [2.05, 4.69) is 37.2 Å². The van der Waals surface area contributed by atoms with Gasteiger partial charge in [-0.2, -0.15) is 0 Å². The zero-order valence-electron chi connectivity index (χ0n) is 22.9. The second-order valence-corrected chi connectivity index (χ2v) is 11.5. The molecule has 216 valence electrons. The molecule has 0 unspecified atom stereocenters. The first kappa shape index (κ1) is 28.8. The van der Waals surface area contributed by atoms with Crippen LogP contribution in [0.1, 0.15) is 38.7 Å². The fraction of sp³-hybridized carbons (Fsp3) is 0.483. The molecule has 3 heterocycles. The van der Waals surface area contributed by atoms with Crippen molar-refractivity contribution in [2.75, 3.05) is 55.3 Å². The summed E-state index contributed by atoms with van der Waals surface area (Å²) in [5, 5.41) is 6.78. The van der Waals surface area contributed by atoms with Crippen molar-refractivity contribution in [3.63, 3.8) is 0 Å². The molecule has 2 aliphatic heterocycles. The van der Waals surface area contributed by atoms with Crippen molar-refractivity contribution in [1.82, 2.24) is 14.8 Å². The standard InChI is InChI=1S/C29H35Cl2FN6O2.H2/c1-3-21-17-37(29-23(31)12-18(15-35-29)14-34-26-25(33-2)27(39)28(26)40)10-11-38(21)22-6-8-36(9-7-22)16-19-4-5-20(30)13-24(19)32;/h4-5,12-13,15,21-22,33-34H,3,6-11,14,16-17H2,1-2H3;1H/t21-;/m0./s1.